The van der Waals surface area contributed by atoms with Crippen LogP contribution >= 0.6 is 0 Å². The van der Waals surface area contributed by atoms with Crippen LogP contribution in [0.4, 0.5) is 0 Å². The maximum atomic E-state index is 11.6. The number of carbonyl (C=O) groups is 1. The molecule has 2 aliphatic rings. The Labute approximate surface area is 125 Å². The summed E-state index contributed by atoms with van der Waals surface area (Å²) in [6, 6.07) is 7.54. The van der Waals surface area contributed by atoms with Crippen molar-refractivity contribution in [3.63, 3.8) is 0 Å². The van der Waals surface area contributed by atoms with Crippen molar-refractivity contribution in [1.82, 2.24) is 0 Å². The number of carboxylic acids is 1. The molecule has 1 aromatic carbocycles. The summed E-state index contributed by atoms with van der Waals surface area (Å²) in [5, 5.41) is 9.56. The van der Waals surface area contributed by atoms with Crippen molar-refractivity contribution in [2.45, 2.75) is 32.6 Å². The van der Waals surface area contributed by atoms with Crippen molar-refractivity contribution in [1.29, 1.82) is 0 Å². The summed E-state index contributed by atoms with van der Waals surface area (Å²) in [7, 11) is 0. The van der Waals surface area contributed by atoms with Gasteiger partial charge in [-0.1, -0.05) is 12.1 Å². The predicted molar refractivity (Wildman–Crippen MR) is 78.6 cm³/mol. The molecular formula is C17H22O4. The average molecular weight is 290 g/mol. The number of aliphatic carboxylic acids is 1. The highest BCUT2D eigenvalue weighted by molar-refractivity contribution is 5.75. The van der Waals surface area contributed by atoms with E-state index in [9.17, 15) is 9.90 Å². The van der Waals surface area contributed by atoms with Crippen molar-refractivity contribution in [2.24, 2.45) is 17.3 Å². The van der Waals surface area contributed by atoms with Gasteiger partial charge in [0.2, 0.25) is 0 Å². The van der Waals surface area contributed by atoms with Gasteiger partial charge in [0, 0.05) is 0 Å². The summed E-state index contributed by atoms with van der Waals surface area (Å²) in [4.78, 5) is 11.6. The normalized spacial score (nSPS) is 29.8. The Balaban J connectivity index is 1.59. The number of fused-ring (bicyclic) bond motifs is 1. The molecule has 4 heteroatoms. The van der Waals surface area contributed by atoms with Crippen LogP contribution < -0.4 is 9.47 Å². The fourth-order valence-electron chi connectivity index (χ4n) is 3.58. The first-order valence-corrected chi connectivity index (χ1v) is 7.72. The van der Waals surface area contributed by atoms with Crippen LogP contribution in [-0.4, -0.2) is 24.3 Å². The Morgan fingerprint density at radius 3 is 2.43 bits per heavy atom. The number of carboxylic acid groups (broad SMARTS) is 1. The molecular weight excluding hydrogens is 268 g/mol. The first-order chi connectivity index (χ1) is 10.1. The molecule has 0 heterocycles. The van der Waals surface area contributed by atoms with E-state index < -0.39 is 11.4 Å². The molecule has 2 saturated carbocycles. The van der Waals surface area contributed by atoms with Crippen LogP contribution in [0.3, 0.4) is 0 Å². The molecule has 0 saturated heterocycles. The first-order valence-electron chi connectivity index (χ1n) is 7.72. The van der Waals surface area contributed by atoms with E-state index >= 15 is 0 Å². The van der Waals surface area contributed by atoms with Crippen LogP contribution in [0, 0.1) is 17.3 Å². The molecule has 2 aliphatic carbocycles. The van der Waals surface area contributed by atoms with Crippen LogP contribution in [0.25, 0.3) is 0 Å². The van der Waals surface area contributed by atoms with E-state index in [1.807, 2.05) is 31.2 Å². The molecule has 2 fully saturated rings. The van der Waals surface area contributed by atoms with E-state index in [-0.39, 0.29) is 0 Å². The summed E-state index contributed by atoms with van der Waals surface area (Å²) in [5.41, 5.74) is -0.561. The van der Waals surface area contributed by atoms with Crippen LogP contribution in [-0.2, 0) is 4.79 Å². The summed E-state index contributed by atoms with van der Waals surface area (Å²) in [5.74, 6) is 2.06. The molecule has 0 radical (unpaired) electrons. The number of hydrogen-bond acceptors (Lipinski definition) is 3. The van der Waals surface area contributed by atoms with Gasteiger partial charge in [0.1, 0.15) is 0 Å². The number of para-hydroxylation sites is 2. The van der Waals surface area contributed by atoms with Crippen LogP contribution in [0.5, 0.6) is 11.5 Å². The number of rotatable bonds is 7. The lowest BCUT2D eigenvalue weighted by Gasteiger charge is -2.26. The smallest absolute Gasteiger partial charge is 0.309 e. The molecule has 21 heavy (non-hydrogen) atoms. The standard InChI is InChI=1S/C17H22O4/c1-2-20-14-5-3-4-6-15(14)21-8-7-17(16(18)19)10-12-9-13(12)11-17/h3-6,12-13H,2,7-11H2,1H3,(H,18,19). The van der Waals surface area contributed by atoms with Gasteiger partial charge in [-0.3, -0.25) is 4.79 Å². The van der Waals surface area contributed by atoms with Crippen molar-refractivity contribution in [3.05, 3.63) is 24.3 Å². The average Bonchev–Trinajstić information content (AvgIpc) is 3.08. The highest BCUT2D eigenvalue weighted by atomic mass is 16.5. The minimum absolute atomic E-state index is 0.426. The minimum Gasteiger partial charge on any atom is -0.490 e. The van der Waals surface area contributed by atoms with Gasteiger partial charge >= 0.3 is 5.97 Å². The Morgan fingerprint density at radius 1 is 1.24 bits per heavy atom. The van der Waals surface area contributed by atoms with Gasteiger partial charge in [-0.15, -0.1) is 0 Å². The SMILES string of the molecule is CCOc1ccccc1OCCC1(C(=O)O)CC2CC2C1. The molecule has 114 valence electrons. The molecule has 0 aliphatic heterocycles. The molecule has 0 bridgehead atoms. The molecule has 3 rings (SSSR count). The molecule has 1 N–H and O–H groups in total. The lowest BCUT2D eigenvalue weighted by molar-refractivity contribution is -0.150. The second-order valence-electron chi connectivity index (χ2n) is 6.23. The Kier molecular flexibility index (Phi) is 3.79. The zero-order chi connectivity index (χ0) is 14.9. The summed E-state index contributed by atoms with van der Waals surface area (Å²) >= 11 is 0. The fourth-order valence-corrected chi connectivity index (χ4v) is 3.58. The molecule has 4 nitrogen and oxygen atoms in total. The zero-order valence-electron chi connectivity index (χ0n) is 12.4. The third kappa shape index (κ3) is 2.85. The van der Waals surface area contributed by atoms with E-state index in [0.29, 0.717) is 37.2 Å². The molecule has 0 spiro atoms. The third-order valence-corrected chi connectivity index (χ3v) is 4.82. The fraction of sp³-hybridized carbons (Fsp3) is 0.588. The van der Waals surface area contributed by atoms with Gasteiger partial charge in [0.05, 0.1) is 18.6 Å². The highest BCUT2D eigenvalue weighted by Gasteiger charge is 2.57. The Hall–Kier alpha value is -1.71. The molecule has 2 atom stereocenters. The Morgan fingerprint density at radius 2 is 1.86 bits per heavy atom. The quantitative estimate of drug-likeness (QED) is 0.836. The molecule has 2 unspecified atom stereocenters. The molecule has 0 amide bonds. The third-order valence-electron chi connectivity index (χ3n) is 4.82. The van der Waals surface area contributed by atoms with Gasteiger partial charge in [-0.05, 0) is 56.6 Å². The van der Waals surface area contributed by atoms with E-state index in [2.05, 4.69) is 0 Å². The summed E-state index contributed by atoms with van der Waals surface area (Å²) < 4.78 is 11.3. The summed E-state index contributed by atoms with van der Waals surface area (Å²) in [6.45, 7) is 2.94. The van der Waals surface area contributed by atoms with Crippen molar-refractivity contribution in [3.8, 4) is 11.5 Å². The van der Waals surface area contributed by atoms with Gasteiger partial charge < -0.3 is 14.6 Å². The maximum absolute atomic E-state index is 11.6. The maximum Gasteiger partial charge on any atom is 0.309 e. The Bertz CT molecular complexity index is 515. The predicted octanol–water partition coefficient (Wildman–Crippen LogP) is 3.36. The minimum atomic E-state index is -0.656. The van der Waals surface area contributed by atoms with Crippen molar-refractivity contribution in [2.75, 3.05) is 13.2 Å². The summed E-state index contributed by atoms with van der Waals surface area (Å²) in [6.07, 6.45) is 3.45. The van der Waals surface area contributed by atoms with Gasteiger partial charge in [0.15, 0.2) is 11.5 Å². The van der Waals surface area contributed by atoms with Crippen molar-refractivity contribution < 1.29 is 19.4 Å². The van der Waals surface area contributed by atoms with Crippen LogP contribution in [0.15, 0.2) is 24.3 Å². The number of ether oxygens (including phenoxy) is 2. The van der Waals surface area contributed by atoms with Gasteiger partial charge in [-0.2, -0.15) is 0 Å². The zero-order valence-corrected chi connectivity index (χ0v) is 12.4. The largest absolute Gasteiger partial charge is 0.490 e. The highest BCUT2D eigenvalue weighted by Crippen LogP contribution is 2.61. The van der Waals surface area contributed by atoms with Crippen LogP contribution in [0.2, 0.25) is 0 Å². The van der Waals surface area contributed by atoms with Crippen LogP contribution in [0.1, 0.15) is 32.6 Å². The second-order valence-corrected chi connectivity index (χ2v) is 6.23. The number of benzene rings is 1. The topological polar surface area (TPSA) is 55.8 Å². The molecule has 0 aromatic heterocycles. The number of hydrogen-bond donors (Lipinski definition) is 1. The van der Waals surface area contributed by atoms with Gasteiger partial charge in [-0.25, -0.2) is 0 Å². The van der Waals surface area contributed by atoms with E-state index in [1.165, 1.54) is 6.42 Å². The van der Waals surface area contributed by atoms with Gasteiger partial charge in [0.25, 0.3) is 0 Å². The monoisotopic (exact) mass is 290 g/mol. The van der Waals surface area contributed by atoms with E-state index in [1.54, 1.807) is 0 Å². The first kappa shape index (κ1) is 14.2. The molecule has 1 aromatic rings. The van der Waals surface area contributed by atoms with E-state index in [4.69, 9.17) is 9.47 Å². The lowest BCUT2D eigenvalue weighted by Crippen LogP contribution is -2.31. The van der Waals surface area contributed by atoms with E-state index in [0.717, 1.165) is 18.6 Å². The lowest BCUT2D eigenvalue weighted by atomic mass is 9.80. The second kappa shape index (κ2) is 5.58. The van der Waals surface area contributed by atoms with Crippen molar-refractivity contribution >= 4 is 5.97 Å².